The average Bonchev–Trinajstić information content (AvgIpc) is 3.46. The van der Waals surface area contributed by atoms with E-state index in [1.807, 2.05) is 42.2 Å². The van der Waals surface area contributed by atoms with Gasteiger partial charge in [-0.25, -0.2) is 13.4 Å². The second-order valence-electron chi connectivity index (χ2n) is 8.75. The van der Waals surface area contributed by atoms with Crippen LogP contribution in [0.3, 0.4) is 0 Å². The number of sulfonamides is 1. The van der Waals surface area contributed by atoms with Gasteiger partial charge in [-0.1, -0.05) is 18.2 Å². The molecule has 3 heterocycles. The van der Waals surface area contributed by atoms with Crippen molar-refractivity contribution in [2.45, 2.75) is 31.3 Å². The van der Waals surface area contributed by atoms with Crippen LogP contribution in [0.25, 0.3) is 10.9 Å². The van der Waals surface area contributed by atoms with Gasteiger partial charge < -0.3 is 14.4 Å². The lowest BCUT2D eigenvalue weighted by Crippen LogP contribution is -2.54. The van der Waals surface area contributed by atoms with E-state index in [0.29, 0.717) is 31.3 Å². The molecule has 2 aromatic heterocycles. The van der Waals surface area contributed by atoms with Gasteiger partial charge in [-0.05, 0) is 55.6 Å². The van der Waals surface area contributed by atoms with Crippen molar-refractivity contribution in [3.63, 3.8) is 0 Å². The SMILES string of the molecule is Cc1cc2ccccc2n1CC(=O)N1CCN(c2ccc(S(=O)(=O)Nc3nccs3)cc2)CC1C.[HH]. The van der Waals surface area contributed by atoms with E-state index in [4.69, 9.17) is 0 Å². The predicted molar refractivity (Wildman–Crippen MR) is 142 cm³/mol. The van der Waals surface area contributed by atoms with E-state index in [1.54, 1.807) is 23.7 Å². The molecule has 35 heavy (non-hydrogen) atoms. The number of fused-ring (bicyclic) bond motifs is 1. The number of benzene rings is 2. The third-order valence-electron chi connectivity index (χ3n) is 6.43. The Hall–Kier alpha value is -3.37. The number of piperazine rings is 1. The summed E-state index contributed by atoms with van der Waals surface area (Å²) in [6.07, 6.45) is 1.55. The molecule has 1 N–H and O–H groups in total. The first kappa shape index (κ1) is 23.4. The van der Waals surface area contributed by atoms with E-state index in [2.05, 4.69) is 38.2 Å². The maximum Gasteiger partial charge on any atom is 0.263 e. The fraction of sp³-hybridized carbons (Fsp3) is 0.280. The smallest absolute Gasteiger partial charge is 0.263 e. The first-order valence-electron chi connectivity index (χ1n) is 11.4. The van der Waals surface area contributed by atoms with Crippen LogP contribution in [0.5, 0.6) is 0 Å². The Balaban J connectivity index is 0.00000304. The molecular weight excluding hydrogens is 482 g/mol. The van der Waals surface area contributed by atoms with Gasteiger partial charge in [0.25, 0.3) is 10.0 Å². The minimum absolute atomic E-state index is 0. The summed E-state index contributed by atoms with van der Waals surface area (Å²) in [6.45, 7) is 6.39. The molecular formula is C25H29N5O3S2. The fourth-order valence-corrected chi connectivity index (χ4v) is 6.42. The number of hydrogen-bond donors (Lipinski definition) is 1. The molecule has 10 heteroatoms. The van der Waals surface area contributed by atoms with Crippen molar-refractivity contribution in [2.75, 3.05) is 29.3 Å². The summed E-state index contributed by atoms with van der Waals surface area (Å²) >= 11 is 1.23. The van der Waals surface area contributed by atoms with Crippen molar-refractivity contribution in [3.8, 4) is 0 Å². The zero-order chi connectivity index (χ0) is 24.6. The maximum absolute atomic E-state index is 13.2. The third kappa shape index (κ3) is 4.76. The van der Waals surface area contributed by atoms with Crippen LogP contribution >= 0.6 is 11.3 Å². The molecule has 1 amide bonds. The van der Waals surface area contributed by atoms with E-state index in [9.17, 15) is 13.2 Å². The summed E-state index contributed by atoms with van der Waals surface area (Å²) in [5, 5.41) is 3.20. The molecule has 0 radical (unpaired) electrons. The monoisotopic (exact) mass is 511 g/mol. The Bertz CT molecular complexity index is 1450. The maximum atomic E-state index is 13.2. The van der Waals surface area contributed by atoms with Gasteiger partial charge in [-0.3, -0.25) is 9.52 Å². The molecule has 4 aromatic rings. The lowest BCUT2D eigenvalue weighted by atomic mass is 10.1. The molecule has 184 valence electrons. The highest BCUT2D eigenvalue weighted by molar-refractivity contribution is 7.93. The van der Waals surface area contributed by atoms with Gasteiger partial charge >= 0.3 is 0 Å². The number of aryl methyl sites for hydroxylation is 1. The predicted octanol–water partition coefficient (Wildman–Crippen LogP) is 4.19. The van der Waals surface area contributed by atoms with Gasteiger partial charge in [0.2, 0.25) is 5.91 Å². The van der Waals surface area contributed by atoms with Gasteiger partial charge in [-0.15, -0.1) is 11.3 Å². The van der Waals surface area contributed by atoms with Gasteiger partial charge in [0.1, 0.15) is 6.54 Å². The molecule has 1 saturated heterocycles. The van der Waals surface area contributed by atoms with Crippen molar-refractivity contribution in [3.05, 3.63) is 71.9 Å². The molecule has 5 rings (SSSR count). The molecule has 1 unspecified atom stereocenters. The highest BCUT2D eigenvalue weighted by atomic mass is 32.2. The lowest BCUT2D eigenvalue weighted by molar-refractivity contribution is -0.134. The van der Waals surface area contributed by atoms with E-state index >= 15 is 0 Å². The zero-order valence-electron chi connectivity index (χ0n) is 19.6. The number of rotatable bonds is 6. The van der Waals surface area contributed by atoms with E-state index in [0.717, 1.165) is 22.3 Å². The summed E-state index contributed by atoms with van der Waals surface area (Å²) in [5.41, 5.74) is 3.08. The highest BCUT2D eigenvalue weighted by Gasteiger charge is 2.28. The number of thiazole rings is 1. The van der Waals surface area contributed by atoms with Crippen molar-refractivity contribution >= 4 is 49.0 Å². The molecule has 1 atom stereocenters. The number of para-hydroxylation sites is 1. The van der Waals surface area contributed by atoms with Crippen LogP contribution < -0.4 is 9.62 Å². The molecule has 8 nitrogen and oxygen atoms in total. The Morgan fingerprint density at radius 1 is 1.17 bits per heavy atom. The van der Waals surface area contributed by atoms with Crippen molar-refractivity contribution in [1.29, 1.82) is 0 Å². The summed E-state index contributed by atoms with van der Waals surface area (Å²) < 4.78 is 29.7. The number of nitrogens with one attached hydrogen (secondary N) is 1. The molecule has 0 aliphatic carbocycles. The van der Waals surface area contributed by atoms with Crippen LogP contribution in [0.15, 0.2) is 71.1 Å². The van der Waals surface area contributed by atoms with Crippen molar-refractivity contribution < 1.29 is 14.6 Å². The minimum Gasteiger partial charge on any atom is -0.368 e. The molecule has 0 bridgehead atoms. The van der Waals surface area contributed by atoms with Crippen LogP contribution in [0.2, 0.25) is 0 Å². The van der Waals surface area contributed by atoms with Crippen molar-refractivity contribution in [1.82, 2.24) is 14.5 Å². The largest absolute Gasteiger partial charge is 0.368 e. The van der Waals surface area contributed by atoms with E-state index in [-0.39, 0.29) is 18.3 Å². The molecule has 0 saturated carbocycles. The standard InChI is InChI=1S/C25H27N5O3S2.H2/c1-18-15-20-5-3-4-6-23(20)30(18)17-24(31)29-13-12-28(16-19(29)2)21-7-9-22(10-8-21)35(32,33)27-25-26-11-14-34-25;/h3-11,14-15,19H,12-13,16-17H2,1-2H3,(H,26,27);1H. The van der Waals surface area contributed by atoms with Crippen LogP contribution in [-0.2, 0) is 21.4 Å². The minimum atomic E-state index is -3.68. The first-order valence-corrected chi connectivity index (χ1v) is 13.8. The molecule has 0 spiro atoms. The number of aromatic nitrogens is 2. The number of carbonyl (C=O) groups is 1. The first-order chi connectivity index (χ1) is 16.8. The normalized spacial score (nSPS) is 16.6. The quantitative estimate of drug-likeness (QED) is 0.419. The van der Waals surface area contributed by atoms with Crippen LogP contribution in [0, 0.1) is 6.92 Å². The zero-order valence-corrected chi connectivity index (χ0v) is 21.2. The summed E-state index contributed by atoms with van der Waals surface area (Å²) in [6, 6.07) is 17.1. The number of amides is 1. The van der Waals surface area contributed by atoms with Gasteiger partial charge in [-0.2, -0.15) is 0 Å². The molecule has 1 aliphatic rings. The van der Waals surface area contributed by atoms with Crippen LogP contribution in [0.4, 0.5) is 10.8 Å². The summed E-state index contributed by atoms with van der Waals surface area (Å²) in [4.78, 5) is 21.5. The van der Waals surface area contributed by atoms with Gasteiger partial charge in [0, 0.05) is 55.6 Å². The second kappa shape index (κ2) is 9.35. The number of anilines is 2. The lowest BCUT2D eigenvalue weighted by Gasteiger charge is -2.41. The molecule has 1 fully saturated rings. The Kier molecular flexibility index (Phi) is 6.24. The van der Waals surface area contributed by atoms with Gasteiger partial charge in [0.05, 0.1) is 4.90 Å². The number of nitrogens with zero attached hydrogens (tertiary/aromatic N) is 4. The van der Waals surface area contributed by atoms with E-state index < -0.39 is 10.0 Å². The van der Waals surface area contributed by atoms with Crippen LogP contribution in [0.1, 0.15) is 14.0 Å². The van der Waals surface area contributed by atoms with Crippen LogP contribution in [-0.4, -0.2) is 54.5 Å². The second-order valence-corrected chi connectivity index (χ2v) is 11.3. The Morgan fingerprint density at radius 3 is 2.66 bits per heavy atom. The Labute approximate surface area is 210 Å². The van der Waals surface area contributed by atoms with Gasteiger partial charge in [0.15, 0.2) is 5.13 Å². The topological polar surface area (TPSA) is 87.5 Å². The average molecular weight is 512 g/mol. The van der Waals surface area contributed by atoms with Crippen molar-refractivity contribution in [2.24, 2.45) is 0 Å². The Morgan fingerprint density at radius 2 is 1.94 bits per heavy atom. The summed E-state index contributed by atoms with van der Waals surface area (Å²) in [7, 11) is -3.68. The molecule has 1 aliphatic heterocycles. The highest BCUT2D eigenvalue weighted by Crippen LogP contribution is 2.24. The third-order valence-corrected chi connectivity index (χ3v) is 8.60. The van der Waals surface area contributed by atoms with E-state index in [1.165, 1.54) is 11.3 Å². The fourth-order valence-electron chi connectivity index (χ4n) is 4.63. The molecule has 2 aromatic carbocycles. The summed E-state index contributed by atoms with van der Waals surface area (Å²) in [5.74, 6) is 0.108. The number of carbonyl (C=O) groups excluding carboxylic acids is 1. The number of hydrogen-bond acceptors (Lipinski definition) is 6.